The number of nitrogens with zero attached hydrogens (tertiary/aromatic N) is 2. The molecule has 18 heavy (non-hydrogen) atoms. The fourth-order valence-electron chi connectivity index (χ4n) is 1.28. The molecule has 0 radical (unpaired) electrons. The van der Waals surface area contributed by atoms with Crippen molar-refractivity contribution in [3.63, 3.8) is 0 Å². The Hall–Kier alpha value is -2.68. The second kappa shape index (κ2) is 6.15. The van der Waals surface area contributed by atoms with Crippen LogP contribution in [0.15, 0.2) is 29.8 Å². The van der Waals surface area contributed by atoms with E-state index in [0.29, 0.717) is 0 Å². The topological polar surface area (TPSA) is 93.2 Å². The van der Waals surface area contributed by atoms with Crippen molar-refractivity contribution in [3.05, 3.63) is 45.5 Å². The van der Waals surface area contributed by atoms with Gasteiger partial charge in [0.2, 0.25) is 0 Å². The zero-order valence-corrected chi connectivity index (χ0v) is 9.62. The standard InChI is InChI=1S/C12H10N2O4/c1-2-18-12(15)10(8-13)7-9-5-3-4-6-11(9)14(16)17/h3-7H,2H2,1H3/b10-7+. The van der Waals surface area contributed by atoms with Crippen molar-refractivity contribution in [2.75, 3.05) is 6.61 Å². The molecule has 0 heterocycles. The van der Waals surface area contributed by atoms with E-state index in [-0.39, 0.29) is 23.4 Å². The van der Waals surface area contributed by atoms with E-state index >= 15 is 0 Å². The van der Waals surface area contributed by atoms with Crippen molar-refractivity contribution in [1.29, 1.82) is 5.26 Å². The van der Waals surface area contributed by atoms with Crippen LogP contribution in [0, 0.1) is 21.4 Å². The van der Waals surface area contributed by atoms with Crippen LogP contribution in [-0.4, -0.2) is 17.5 Å². The second-order valence-electron chi connectivity index (χ2n) is 3.21. The molecule has 0 spiro atoms. The Kier molecular flexibility index (Phi) is 4.58. The number of carbonyl (C=O) groups excluding carboxylic acids is 1. The highest BCUT2D eigenvalue weighted by Gasteiger charge is 2.15. The summed E-state index contributed by atoms with van der Waals surface area (Å²) >= 11 is 0. The Labute approximate surface area is 103 Å². The maximum absolute atomic E-state index is 11.4. The molecule has 6 heteroatoms. The van der Waals surface area contributed by atoms with Crippen molar-refractivity contribution in [2.24, 2.45) is 0 Å². The molecule has 0 aromatic heterocycles. The van der Waals surface area contributed by atoms with Gasteiger partial charge in [-0.1, -0.05) is 12.1 Å². The number of hydrogen-bond donors (Lipinski definition) is 0. The summed E-state index contributed by atoms with van der Waals surface area (Å²) in [7, 11) is 0. The molecule has 6 nitrogen and oxygen atoms in total. The highest BCUT2D eigenvalue weighted by Crippen LogP contribution is 2.20. The van der Waals surface area contributed by atoms with Crippen molar-refractivity contribution < 1.29 is 14.5 Å². The van der Waals surface area contributed by atoms with Gasteiger partial charge in [0.25, 0.3) is 5.69 Å². The summed E-state index contributed by atoms with van der Waals surface area (Å²) in [5, 5.41) is 19.6. The molecule has 1 aromatic carbocycles. The smallest absolute Gasteiger partial charge is 0.348 e. The average molecular weight is 246 g/mol. The lowest BCUT2D eigenvalue weighted by Crippen LogP contribution is -2.06. The number of carbonyl (C=O) groups is 1. The van der Waals surface area contributed by atoms with Gasteiger partial charge in [0.1, 0.15) is 11.6 Å². The summed E-state index contributed by atoms with van der Waals surface area (Å²) in [6.45, 7) is 1.74. The van der Waals surface area contributed by atoms with Crippen LogP contribution in [0.2, 0.25) is 0 Å². The van der Waals surface area contributed by atoms with E-state index in [4.69, 9.17) is 5.26 Å². The molecule has 0 aliphatic rings. The van der Waals surface area contributed by atoms with Gasteiger partial charge in [-0.2, -0.15) is 5.26 Å². The molecular formula is C12H10N2O4. The molecule has 1 rings (SSSR count). The van der Waals surface area contributed by atoms with E-state index in [2.05, 4.69) is 4.74 Å². The second-order valence-corrected chi connectivity index (χ2v) is 3.21. The molecule has 0 aliphatic carbocycles. The molecule has 0 aliphatic heterocycles. The summed E-state index contributed by atoms with van der Waals surface area (Å²) in [5.74, 6) is -0.793. The van der Waals surface area contributed by atoms with Crippen molar-refractivity contribution >= 4 is 17.7 Å². The van der Waals surface area contributed by atoms with Gasteiger partial charge in [-0.15, -0.1) is 0 Å². The maximum atomic E-state index is 11.4. The SMILES string of the molecule is CCOC(=O)/C(C#N)=C/c1ccccc1[N+](=O)[O-]. The van der Waals surface area contributed by atoms with Crippen molar-refractivity contribution in [2.45, 2.75) is 6.92 Å². The first-order valence-electron chi connectivity index (χ1n) is 5.12. The largest absolute Gasteiger partial charge is 0.462 e. The summed E-state index contributed by atoms with van der Waals surface area (Å²) < 4.78 is 4.67. The predicted molar refractivity (Wildman–Crippen MR) is 63.3 cm³/mol. The van der Waals surface area contributed by atoms with E-state index in [0.717, 1.165) is 6.08 Å². The van der Waals surface area contributed by atoms with Gasteiger partial charge in [-0.3, -0.25) is 10.1 Å². The van der Waals surface area contributed by atoms with Gasteiger partial charge >= 0.3 is 5.97 Å². The average Bonchev–Trinajstić information content (AvgIpc) is 2.36. The van der Waals surface area contributed by atoms with Crippen LogP contribution in [0.1, 0.15) is 12.5 Å². The number of esters is 1. The van der Waals surface area contributed by atoms with E-state index in [1.165, 1.54) is 18.2 Å². The number of ether oxygens (including phenoxy) is 1. The van der Waals surface area contributed by atoms with Crippen molar-refractivity contribution in [3.8, 4) is 6.07 Å². The van der Waals surface area contributed by atoms with E-state index in [1.807, 2.05) is 0 Å². The zero-order chi connectivity index (χ0) is 13.5. The van der Waals surface area contributed by atoms with Gasteiger partial charge < -0.3 is 4.74 Å². The third-order valence-electron chi connectivity index (χ3n) is 2.05. The zero-order valence-electron chi connectivity index (χ0n) is 9.62. The molecule has 1 aromatic rings. The third kappa shape index (κ3) is 3.15. The van der Waals surface area contributed by atoms with Gasteiger partial charge in [0, 0.05) is 6.07 Å². The highest BCUT2D eigenvalue weighted by atomic mass is 16.6. The Morgan fingerprint density at radius 1 is 1.56 bits per heavy atom. The van der Waals surface area contributed by atoms with Crippen LogP contribution in [0.3, 0.4) is 0 Å². The van der Waals surface area contributed by atoms with Crippen LogP contribution in [0.4, 0.5) is 5.69 Å². The predicted octanol–water partition coefficient (Wildman–Crippen LogP) is 2.06. The lowest BCUT2D eigenvalue weighted by Gasteiger charge is -2.00. The monoisotopic (exact) mass is 246 g/mol. The van der Waals surface area contributed by atoms with Crippen LogP contribution in [0.5, 0.6) is 0 Å². The fraction of sp³-hybridized carbons (Fsp3) is 0.167. The Morgan fingerprint density at radius 2 is 2.22 bits per heavy atom. The third-order valence-corrected chi connectivity index (χ3v) is 2.05. The molecule has 0 atom stereocenters. The molecule has 0 saturated carbocycles. The number of benzene rings is 1. The van der Waals surface area contributed by atoms with Crippen LogP contribution >= 0.6 is 0 Å². The number of rotatable bonds is 4. The molecule has 0 bridgehead atoms. The summed E-state index contributed by atoms with van der Waals surface area (Å²) in [5.41, 5.74) is -0.257. The number of hydrogen-bond acceptors (Lipinski definition) is 5. The first-order chi connectivity index (χ1) is 8.60. The molecule has 0 unspecified atom stereocenters. The Balaban J connectivity index is 3.18. The summed E-state index contributed by atoms with van der Waals surface area (Å²) in [6.07, 6.45) is 1.15. The number of para-hydroxylation sites is 1. The van der Waals surface area contributed by atoms with E-state index < -0.39 is 10.9 Å². The minimum Gasteiger partial charge on any atom is -0.462 e. The van der Waals surface area contributed by atoms with Gasteiger partial charge in [0.15, 0.2) is 0 Å². The molecule has 0 amide bonds. The van der Waals surface area contributed by atoms with Crippen LogP contribution in [0.25, 0.3) is 6.08 Å². The number of nitro benzene ring substituents is 1. The van der Waals surface area contributed by atoms with Gasteiger partial charge in [-0.05, 0) is 19.1 Å². The molecule has 92 valence electrons. The van der Waals surface area contributed by atoms with Crippen molar-refractivity contribution in [1.82, 2.24) is 0 Å². The maximum Gasteiger partial charge on any atom is 0.348 e. The minimum atomic E-state index is -0.793. The lowest BCUT2D eigenvalue weighted by atomic mass is 10.1. The fourth-order valence-corrected chi connectivity index (χ4v) is 1.28. The number of nitriles is 1. The van der Waals surface area contributed by atoms with E-state index in [9.17, 15) is 14.9 Å². The van der Waals surface area contributed by atoms with Gasteiger partial charge in [0.05, 0.1) is 17.1 Å². The molecular weight excluding hydrogens is 236 g/mol. The van der Waals surface area contributed by atoms with Gasteiger partial charge in [-0.25, -0.2) is 4.79 Å². The quantitative estimate of drug-likeness (QED) is 0.266. The highest BCUT2D eigenvalue weighted by molar-refractivity contribution is 5.98. The van der Waals surface area contributed by atoms with E-state index in [1.54, 1.807) is 19.1 Å². The first kappa shape index (κ1) is 13.4. The molecule has 0 N–H and O–H groups in total. The Morgan fingerprint density at radius 3 is 2.78 bits per heavy atom. The minimum absolute atomic E-state index is 0.134. The summed E-state index contributed by atoms with van der Waals surface area (Å²) in [6, 6.07) is 7.50. The summed E-state index contributed by atoms with van der Waals surface area (Å²) in [4.78, 5) is 21.6. The molecule has 0 fully saturated rings. The lowest BCUT2D eigenvalue weighted by molar-refractivity contribution is -0.385. The van der Waals surface area contributed by atoms with Crippen LogP contribution in [-0.2, 0) is 9.53 Å². The molecule has 0 saturated heterocycles. The Bertz CT molecular complexity index is 543. The van der Waals surface area contributed by atoms with Crippen LogP contribution < -0.4 is 0 Å². The number of nitro groups is 1. The normalized spacial score (nSPS) is 10.6. The first-order valence-corrected chi connectivity index (χ1v) is 5.12.